The summed E-state index contributed by atoms with van der Waals surface area (Å²) in [6.07, 6.45) is 0.563. The van der Waals surface area contributed by atoms with E-state index in [0.717, 1.165) is 0 Å². The Kier molecular flexibility index (Phi) is 4.42. The lowest BCUT2D eigenvalue weighted by Crippen LogP contribution is -2.58. The summed E-state index contributed by atoms with van der Waals surface area (Å²) in [7, 11) is 1.55. The van der Waals surface area contributed by atoms with Crippen LogP contribution in [0.15, 0.2) is 18.2 Å². The first-order valence-electron chi connectivity index (χ1n) is 6.56. The van der Waals surface area contributed by atoms with Crippen LogP contribution in [-0.2, 0) is 9.59 Å². The van der Waals surface area contributed by atoms with E-state index in [9.17, 15) is 9.59 Å². The monoisotopic (exact) mass is 307 g/mol. The van der Waals surface area contributed by atoms with Crippen molar-refractivity contribution in [2.75, 3.05) is 18.6 Å². The number of anilines is 1. The number of carbonyl (C=O) groups excluding carboxylic acids is 2. The smallest absolute Gasteiger partial charge is 0.249 e. The van der Waals surface area contributed by atoms with Crippen LogP contribution in [-0.4, -0.2) is 36.5 Å². The minimum Gasteiger partial charge on any atom is -0.497 e. The van der Waals surface area contributed by atoms with Gasteiger partial charge in [0.2, 0.25) is 11.8 Å². The van der Waals surface area contributed by atoms with E-state index in [0.29, 0.717) is 23.4 Å². The van der Waals surface area contributed by atoms with E-state index in [1.165, 1.54) is 0 Å². The molecule has 3 N–H and O–H groups in total. The third-order valence-electron chi connectivity index (χ3n) is 3.42. The van der Waals surface area contributed by atoms with Gasteiger partial charge in [-0.25, -0.2) is 0 Å². The second kappa shape index (κ2) is 6.09. The van der Waals surface area contributed by atoms with Crippen LogP contribution in [0.3, 0.4) is 0 Å². The lowest BCUT2D eigenvalue weighted by molar-refractivity contribution is -0.132. The molecular weight excluding hydrogens is 290 g/mol. The Hall–Kier alpha value is -2.15. The van der Waals surface area contributed by atoms with Gasteiger partial charge in [0, 0.05) is 11.6 Å². The molecule has 1 aliphatic rings. The van der Waals surface area contributed by atoms with Crippen molar-refractivity contribution in [3.63, 3.8) is 0 Å². The summed E-state index contributed by atoms with van der Waals surface area (Å²) >= 11 is 5.06. The quantitative estimate of drug-likeness (QED) is 0.625. The molecule has 7 heteroatoms. The largest absolute Gasteiger partial charge is 0.497 e. The molecule has 1 heterocycles. The molecule has 1 saturated heterocycles. The van der Waals surface area contributed by atoms with Crippen molar-refractivity contribution < 1.29 is 14.3 Å². The number of nitrogens with zero attached hydrogens (tertiary/aromatic N) is 1. The van der Waals surface area contributed by atoms with E-state index in [2.05, 4.69) is 5.32 Å². The fourth-order valence-corrected chi connectivity index (χ4v) is 2.58. The Labute approximate surface area is 128 Å². The Balaban J connectivity index is 2.53. The van der Waals surface area contributed by atoms with E-state index in [4.69, 9.17) is 22.7 Å². The van der Waals surface area contributed by atoms with E-state index < -0.39 is 6.04 Å². The van der Waals surface area contributed by atoms with Crippen LogP contribution in [0, 0.1) is 0 Å². The molecule has 0 spiro atoms. The molecule has 1 unspecified atom stereocenters. The normalized spacial score (nSPS) is 18.4. The number of carbonyl (C=O) groups is 2. The standard InChI is InChI=1S/C14H17N3O3S/c1-3-10-14(19)16-12(18)7-17(10)11-6-8(20-2)4-5-9(11)13(15)21/h4-6,10H,3,7H2,1-2H3,(H2,15,21)(H,16,18,19). The van der Waals surface area contributed by atoms with Crippen molar-refractivity contribution >= 4 is 34.7 Å². The highest BCUT2D eigenvalue weighted by Gasteiger charge is 2.34. The van der Waals surface area contributed by atoms with E-state index in [-0.39, 0.29) is 23.3 Å². The lowest BCUT2D eigenvalue weighted by Gasteiger charge is -2.36. The maximum Gasteiger partial charge on any atom is 0.249 e. The maximum absolute atomic E-state index is 12.0. The number of hydrogen-bond acceptors (Lipinski definition) is 5. The Morgan fingerprint density at radius 1 is 1.52 bits per heavy atom. The van der Waals surface area contributed by atoms with Crippen LogP contribution < -0.4 is 20.7 Å². The predicted octanol–water partition coefficient (Wildman–Crippen LogP) is 0.571. The molecule has 1 aliphatic heterocycles. The molecule has 21 heavy (non-hydrogen) atoms. The number of ether oxygens (including phenoxy) is 1. The zero-order valence-corrected chi connectivity index (χ0v) is 12.7. The highest BCUT2D eigenvalue weighted by Crippen LogP contribution is 2.29. The lowest BCUT2D eigenvalue weighted by atomic mass is 10.0. The molecular formula is C14H17N3O3S. The number of nitrogens with two attached hydrogens (primary N) is 1. The van der Waals surface area contributed by atoms with Gasteiger partial charge >= 0.3 is 0 Å². The van der Waals surface area contributed by atoms with Gasteiger partial charge in [-0.15, -0.1) is 0 Å². The van der Waals surface area contributed by atoms with Crippen molar-refractivity contribution in [2.24, 2.45) is 5.73 Å². The summed E-state index contributed by atoms with van der Waals surface area (Å²) < 4.78 is 5.21. The molecule has 6 nitrogen and oxygen atoms in total. The maximum atomic E-state index is 12.0. The fourth-order valence-electron chi connectivity index (χ4n) is 2.41. The number of hydrogen-bond donors (Lipinski definition) is 2. The molecule has 0 aromatic heterocycles. The molecule has 1 aromatic rings. The van der Waals surface area contributed by atoms with Gasteiger partial charge in [-0.1, -0.05) is 19.1 Å². The Morgan fingerprint density at radius 3 is 2.81 bits per heavy atom. The number of imide groups is 1. The van der Waals surface area contributed by atoms with Gasteiger partial charge in [0.05, 0.1) is 19.3 Å². The van der Waals surface area contributed by atoms with Gasteiger partial charge in [-0.2, -0.15) is 0 Å². The zero-order chi connectivity index (χ0) is 15.6. The van der Waals surface area contributed by atoms with E-state index >= 15 is 0 Å². The first kappa shape index (κ1) is 15.2. The van der Waals surface area contributed by atoms with Gasteiger partial charge in [0.15, 0.2) is 0 Å². The molecule has 112 valence electrons. The molecule has 2 rings (SSSR count). The van der Waals surface area contributed by atoms with Crippen molar-refractivity contribution in [1.29, 1.82) is 0 Å². The van der Waals surface area contributed by atoms with E-state index in [1.54, 1.807) is 30.2 Å². The zero-order valence-electron chi connectivity index (χ0n) is 11.9. The van der Waals surface area contributed by atoms with Crippen LogP contribution in [0.5, 0.6) is 5.75 Å². The van der Waals surface area contributed by atoms with Gasteiger partial charge < -0.3 is 15.4 Å². The van der Waals surface area contributed by atoms with Crippen molar-refractivity contribution in [1.82, 2.24) is 5.32 Å². The van der Waals surface area contributed by atoms with Gasteiger partial charge in [0.25, 0.3) is 0 Å². The molecule has 1 fully saturated rings. The molecule has 1 atom stereocenters. The number of piperazine rings is 1. The van der Waals surface area contributed by atoms with Crippen LogP contribution in [0.1, 0.15) is 18.9 Å². The number of thiocarbonyl (C=S) groups is 1. The van der Waals surface area contributed by atoms with Crippen molar-refractivity contribution in [2.45, 2.75) is 19.4 Å². The molecule has 0 radical (unpaired) electrons. The highest BCUT2D eigenvalue weighted by atomic mass is 32.1. The first-order valence-corrected chi connectivity index (χ1v) is 6.97. The van der Waals surface area contributed by atoms with Crippen LogP contribution >= 0.6 is 12.2 Å². The average molecular weight is 307 g/mol. The minimum absolute atomic E-state index is 0.0764. The number of nitrogens with one attached hydrogen (secondary N) is 1. The first-order chi connectivity index (χ1) is 9.97. The van der Waals surface area contributed by atoms with E-state index in [1.807, 2.05) is 6.92 Å². The van der Waals surface area contributed by atoms with Crippen molar-refractivity contribution in [3.05, 3.63) is 23.8 Å². The minimum atomic E-state index is -0.442. The summed E-state index contributed by atoms with van der Waals surface area (Å²) in [6, 6.07) is 4.77. The Morgan fingerprint density at radius 2 is 2.24 bits per heavy atom. The Bertz CT molecular complexity index is 603. The van der Waals surface area contributed by atoms with Crippen LogP contribution in [0.25, 0.3) is 0 Å². The highest BCUT2D eigenvalue weighted by molar-refractivity contribution is 7.80. The molecule has 1 aromatic carbocycles. The molecule has 0 bridgehead atoms. The van der Waals surface area contributed by atoms with Gasteiger partial charge in [-0.3, -0.25) is 14.9 Å². The molecule has 0 saturated carbocycles. The third kappa shape index (κ3) is 2.97. The van der Waals surface area contributed by atoms with Crippen LogP contribution in [0.2, 0.25) is 0 Å². The van der Waals surface area contributed by atoms with Crippen LogP contribution in [0.4, 0.5) is 5.69 Å². The third-order valence-corrected chi connectivity index (χ3v) is 3.64. The van der Waals surface area contributed by atoms with Gasteiger partial charge in [-0.05, 0) is 18.6 Å². The summed E-state index contributed by atoms with van der Waals surface area (Å²) in [4.78, 5) is 25.6. The average Bonchev–Trinajstić information content (AvgIpc) is 2.45. The topological polar surface area (TPSA) is 84.7 Å². The molecule has 0 aliphatic carbocycles. The number of amides is 2. The SMILES string of the molecule is CCC1C(=O)NC(=O)CN1c1cc(OC)ccc1C(N)=S. The predicted molar refractivity (Wildman–Crippen MR) is 83.5 cm³/mol. The number of methoxy groups -OCH3 is 1. The summed E-state index contributed by atoms with van der Waals surface area (Å²) in [5.74, 6) is -0.0508. The fraction of sp³-hybridized carbons (Fsp3) is 0.357. The van der Waals surface area contributed by atoms with Crippen molar-refractivity contribution in [3.8, 4) is 5.75 Å². The summed E-state index contributed by atoms with van der Waals surface area (Å²) in [6.45, 7) is 1.96. The molecule has 2 amide bonds. The second-order valence-electron chi connectivity index (χ2n) is 4.71. The second-order valence-corrected chi connectivity index (χ2v) is 5.15. The number of benzene rings is 1. The van der Waals surface area contributed by atoms with Gasteiger partial charge in [0.1, 0.15) is 16.8 Å². The number of rotatable bonds is 4. The summed E-state index contributed by atoms with van der Waals surface area (Å²) in [5, 5.41) is 2.34. The summed E-state index contributed by atoms with van der Waals surface area (Å²) in [5.41, 5.74) is 7.00.